The lowest BCUT2D eigenvalue weighted by molar-refractivity contribution is -0.166. The molecule has 0 radical (unpaired) electrons. The lowest BCUT2D eigenvalue weighted by Crippen LogP contribution is -2.30. The summed E-state index contributed by atoms with van der Waals surface area (Å²) in [5, 5.41) is 0. The minimum absolute atomic E-state index is 0.110. The Labute approximate surface area is 470 Å². The number of carbonyl (C=O) groups is 3. The van der Waals surface area contributed by atoms with Crippen molar-refractivity contribution in [2.75, 3.05) is 13.2 Å². The second kappa shape index (κ2) is 63.9. The van der Waals surface area contributed by atoms with Crippen molar-refractivity contribution in [1.29, 1.82) is 0 Å². The van der Waals surface area contributed by atoms with Gasteiger partial charge >= 0.3 is 17.9 Å². The van der Waals surface area contributed by atoms with Gasteiger partial charge in [0, 0.05) is 19.3 Å². The summed E-state index contributed by atoms with van der Waals surface area (Å²) in [5.41, 5.74) is 0. The van der Waals surface area contributed by atoms with Crippen LogP contribution in [0.3, 0.4) is 0 Å². The first-order valence-corrected chi connectivity index (χ1v) is 32.2. The van der Waals surface area contributed by atoms with Gasteiger partial charge in [-0.05, 0) is 83.5 Å². The molecule has 0 aliphatic rings. The molecule has 0 spiro atoms. The molecule has 0 amide bonds. The molecule has 0 saturated heterocycles. The van der Waals surface area contributed by atoms with Gasteiger partial charge in [0.05, 0.1) is 0 Å². The average molecular weight is 1060 g/mol. The predicted molar refractivity (Wildman–Crippen MR) is 330 cm³/mol. The molecular weight excluding hydrogens is 937 g/mol. The van der Waals surface area contributed by atoms with Crippen LogP contribution in [0.2, 0.25) is 0 Å². The van der Waals surface area contributed by atoms with Crippen LogP contribution in [0.1, 0.15) is 310 Å². The van der Waals surface area contributed by atoms with E-state index in [4.69, 9.17) is 14.2 Å². The van der Waals surface area contributed by atoms with Crippen LogP contribution in [0.15, 0.2) is 97.2 Å². The monoisotopic (exact) mass is 1060 g/mol. The minimum atomic E-state index is -0.824. The number of rotatable bonds is 58. The molecule has 0 bridgehead atoms. The zero-order valence-electron chi connectivity index (χ0n) is 50.0. The van der Waals surface area contributed by atoms with Gasteiger partial charge in [-0.25, -0.2) is 0 Å². The lowest BCUT2D eigenvalue weighted by atomic mass is 10.0. The Bertz CT molecular complexity index is 1490. The van der Waals surface area contributed by atoms with Crippen molar-refractivity contribution in [1.82, 2.24) is 0 Å². The zero-order valence-corrected chi connectivity index (χ0v) is 50.0. The fraction of sp³-hybridized carbons (Fsp3) is 0.729. The summed E-state index contributed by atoms with van der Waals surface area (Å²) >= 11 is 0. The number of ether oxygens (including phenoxy) is 3. The number of carbonyl (C=O) groups excluding carboxylic acids is 3. The van der Waals surface area contributed by atoms with Crippen molar-refractivity contribution in [2.45, 2.75) is 316 Å². The second-order valence-electron chi connectivity index (χ2n) is 21.3. The molecule has 76 heavy (non-hydrogen) atoms. The van der Waals surface area contributed by atoms with Crippen molar-refractivity contribution in [3.05, 3.63) is 97.2 Å². The topological polar surface area (TPSA) is 78.9 Å². The van der Waals surface area contributed by atoms with Gasteiger partial charge in [0.1, 0.15) is 13.2 Å². The summed E-state index contributed by atoms with van der Waals surface area (Å²) in [4.78, 5) is 38.2. The molecule has 0 N–H and O–H groups in total. The molecule has 0 aliphatic carbocycles. The van der Waals surface area contributed by atoms with Crippen LogP contribution in [0.5, 0.6) is 0 Å². The van der Waals surface area contributed by atoms with Crippen LogP contribution in [-0.4, -0.2) is 37.2 Å². The van der Waals surface area contributed by atoms with Crippen molar-refractivity contribution in [3.8, 4) is 0 Å². The predicted octanol–water partition coefficient (Wildman–Crippen LogP) is 22.0. The first-order valence-electron chi connectivity index (χ1n) is 32.2. The van der Waals surface area contributed by atoms with Crippen LogP contribution in [0.25, 0.3) is 0 Å². The second-order valence-corrected chi connectivity index (χ2v) is 21.3. The van der Waals surface area contributed by atoms with E-state index in [2.05, 4.69) is 112 Å². The standard InChI is InChI=1S/C70H120O6/c1-4-7-10-13-16-19-22-25-27-29-31-32-33-34-35-36-37-39-40-42-45-48-51-54-57-60-63-69(72)75-66-67(65-74-68(71)62-59-56-53-50-47-44-24-21-18-15-12-9-6-3)76-70(73)64-61-58-55-52-49-46-43-41-38-30-28-26-23-20-17-14-11-8-5-2/h8,11-12,15,17,20-21,24,26,28,38,41,46,49,55,58,67H,4-7,9-10,13-14,16,18-19,22-23,25,27,29-37,39-40,42-45,47-48,50-54,56-57,59-66H2,1-3H3/b11-8-,15-12-,20-17-,24-21-,28-26-,41-38-,49-46-,58-55-. The molecule has 436 valence electrons. The van der Waals surface area contributed by atoms with Gasteiger partial charge in [0.25, 0.3) is 0 Å². The molecule has 0 heterocycles. The number of esters is 3. The van der Waals surface area contributed by atoms with E-state index in [9.17, 15) is 14.4 Å². The number of hydrogen-bond acceptors (Lipinski definition) is 6. The Kier molecular flexibility index (Phi) is 60.8. The fourth-order valence-corrected chi connectivity index (χ4v) is 9.04. The molecule has 1 unspecified atom stereocenters. The molecule has 1 atom stereocenters. The fourth-order valence-electron chi connectivity index (χ4n) is 9.04. The number of unbranched alkanes of at least 4 members (excludes halogenated alkanes) is 31. The van der Waals surface area contributed by atoms with E-state index in [1.165, 1.54) is 154 Å². The van der Waals surface area contributed by atoms with Crippen molar-refractivity contribution >= 4 is 17.9 Å². The van der Waals surface area contributed by atoms with Gasteiger partial charge in [-0.2, -0.15) is 0 Å². The molecule has 6 heteroatoms. The highest BCUT2D eigenvalue weighted by atomic mass is 16.6. The summed E-state index contributed by atoms with van der Waals surface area (Å²) in [7, 11) is 0. The first kappa shape index (κ1) is 72.3. The van der Waals surface area contributed by atoms with Crippen molar-refractivity contribution in [3.63, 3.8) is 0 Å². The van der Waals surface area contributed by atoms with Crippen molar-refractivity contribution < 1.29 is 28.6 Å². The SMILES string of the molecule is CC/C=C\C/C=C\C/C=C\C/C=C\C/C=C\C/C=C\CCC(=O)OC(COC(=O)CCCCCCC/C=C\C/C=C\CCC)COC(=O)CCCCCCCCCCCCCCCCCCCCCCCCCCCC. The van der Waals surface area contributed by atoms with Crippen molar-refractivity contribution in [2.24, 2.45) is 0 Å². The maximum atomic E-state index is 12.9. The van der Waals surface area contributed by atoms with Gasteiger partial charge < -0.3 is 14.2 Å². The third kappa shape index (κ3) is 61.2. The van der Waals surface area contributed by atoms with E-state index in [-0.39, 0.29) is 31.6 Å². The molecular formula is C70H120O6. The molecule has 0 aromatic heterocycles. The van der Waals surface area contributed by atoms with Gasteiger partial charge in [0.15, 0.2) is 6.10 Å². The Morgan fingerprint density at radius 2 is 0.566 bits per heavy atom. The molecule has 0 rings (SSSR count). The molecule has 6 nitrogen and oxygen atoms in total. The van der Waals surface area contributed by atoms with Gasteiger partial charge in [-0.3, -0.25) is 14.4 Å². The minimum Gasteiger partial charge on any atom is -0.462 e. The van der Waals surface area contributed by atoms with Crippen LogP contribution >= 0.6 is 0 Å². The summed E-state index contributed by atoms with van der Waals surface area (Å²) < 4.78 is 16.8. The van der Waals surface area contributed by atoms with E-state index >= 15 is 0 Å². The summed E-state index contributed by atoms with van der Waals surface area (Å²) in [6.07, 6.45) is 85.9. The highest BCUT2D eigenvalue weighted by Crippen LogP contribution is 2.17. The third-order valence-electron chi connectivity index (χ3n) is 13.8. The Morgan fingerprint density at radius 1 is 0.276 bits per heavy atom. The zero-order chi connectivity index (χ0) is 55.0. The van der Waals surface area contributed by atoms with Gasteiger partial charge in [-0.1, -0.05) is 304 Å². The highest BCUT2D eigenvalue weighted by molar-refractivity contribution is 5.71. The van der Waals surface area contributed by atoms with Crippen LogP contribution in [0.4, 0.5) is 0 Å². The van der Waals surface area contributed by atoms with E-state index in [0.717, 1.165) is 109 Å². The quantitative estimate of drug-likeness (QED) is 0.0261. The highest BCUT2D eigenvalue weighted by Gasteiger charge is 2.19. The van der Waals surface area contributed by atoms with E-state index in [1.54, 1.807) is 0 Å². The lowest BCUT2D eigenvalue weighted by Gasteiger charge is -2.18. The maximum absolute atomic E-state index is 12.9. The average Bonchev–Trinajstić information content (AvgIpc) is 3.42. The number of allylic oxidation sites excluding steroid dienone is 16. The summed E-state index contributed by atoms with van der Waals surface area (Å²) in [5.74, 6) is -1.00. The van der Waals surface area contributed by atoms with E-state index in [0.29, 0.717) is 19.3 Å². The largest absolute Gasteiger partial charge is 0.462 e. The van der Waals surface area contributed by atoms with Crippen LogP contribution in [-0.2, 0) is 28.6 Å². The third-order valence-corrected chi connectivity index (χ3v) is 13.8. The first-order chi connectivity index (χ1) is 37.5. The Morgan fingerprint density at radius 3 is 0.908 bits per heavy atom. The molecule has 0 aromatic rings. The summed E-state index contributed by atoms with van der Waals surface area (Å²) in [6.45, 7) is 6.42. The van der Waals surface area contributed by atoms with E-state index in [1.807, 2.05) is 6.08 Å². The summed E-state index contributed by atoms with van der Waals surface area (Å²) in [6, 6.07) is 0. The Hall–Kier alpha value is -3.67. The number of hydrogen-bond donors (Lipinski definition) is 0. The van der Waals surface area contributed by atoms with Crippen LogP contribution in [0, 0.1) is 0 Å². The molecule has 0 fully saturated rings. The van der Waals surface area contributed by atoms with Gasteiger partial charge in [-0.15, -0.1) is 0 Å². The van der Waals surface area contributed by atoms with E-state index < -0.39 is 12.1 Å². The smallest absolute Gasteiger partial charge is 0.306 e. The molecule has 0 saturated carbocycles. The van der Waals surface area contributed by atoms with Gasteiger partial charge in [0.2, 0.25) is 0 Å². The normalized spacial score (nSPS) is 12.7. The molecule has 0 aromatic carbocycles. The maximum Gasteiger partial charge on any atom is 0.306 e. The van der Waals surface area contributed by atoms with Crippen LogP contribution < -0.4 is 0 Å². The Balaban J connectivity index is 4.35. The molecule has 0 aliphatic heterocycles.